The highest BCUT2D eigenvalue weighted by molar-refractivity contribution is 5.67. The Morgan fingerprint density at radius 1 is 1.09 bits per heavy atom. The van der Waals surface area contributed by atoms with E-state index in [2.05, 4.69) is 29.6 Å². The van der Waals surface area contributed by atoms with E-state index in [1.54, 1.807) is 0 Å². The molecule has 1 aliphatic heterocycles. The minimum Gasteiger partial charge on any atom is -0.444 e. The summed E-state index contributed by atoms with van der Waals surface area (Å²) in [5.74, 6) is 0.490. The molecule has 0 radical (unpaired) electrons. The van der Waals surface area contributed by atoms with Crippen LogP contribution in [0.15, 0.2) is 0 Å². The number of nitrogens with one attached hydrogen (secondary N) is 2. The van der Waals surface area contributed by atoms with Crippen LogP contribution in [0.3, 0.4) is 0 Å². The Morgan fingerprint density at radius 2 is 1.70 bits per heavy atom. The van der Waals surface area contributed by atoms with Crippen LogP contribution in [0.4, 0.5) is 4.79 Å². The molecule has 2 fully saturated rings. The fraction of sp³-hybridized carbons (Fsp3) is 0.944. The molecule has 5 heteroatoms. The number of hydrazine groups is 1. The monoisotopic (exact) mass is 325 g/mol. The number of ether oxygens (including phenoxy) is 1. The normalized spacial score (nSPS) is 32.7. The van der Waals surface area contributed by atoms with Crippen molar-refractivity contribution in [2.45, 2.75) is 96.9 Å². The lowest BCUT2D eigenvalue weighted by Gasteiger charge is -2.42. The molecule has 1 amide bonds. The third kappa shape index (κ3) is 5.64. The molecule has 2 N–H and O–H groups in total. The zero-order valence-electron chi connectivity index (χ0n) is 15.5. The molecule has 5 nitrogen and oxygen atoms in total. The highest BCUT2D eigenvalue weighted by Crippen LogP contribution is 2.28. The summed E-state index contributed by atoms with van der Waals surface area (Å²) in [7, 11) is 0. The van der Waals surface area contributed by atoms with Crippen molar-refractivity contribution in [3.8, 4) is 0 Å². The van der Waals surface area contributed by atoms with Gasteiger partial charge in [-0.15, -0.1) is 0 Å². The highest BCUT2D eigenvalue weighted by Gasteiger charge is 2.33. The van der Waals surface area contributed by atoms with Crippen LogP contribution in [-0.2, 0) is 4.74 Å². The van der Waals surface area contributed by atoms with Gasteiger partial charge in [0.05, 0.1) is 0 Å². The predicted molar refractivity (Wildman–Crippen MR) is 93.1 cm³/mol. The number of nitrogens with zero attached hydrogens (tertiary/aromatic N) is 1. The molecule has 0 aromatic rings. The number of hydrogen-bond donors (Lipinski definition) is 2. The Labute approximate surface area is 141 Å². The van der Waals surface area contributed by atoms with E-state index in [-0.39, 0.29) is 6.09 Å². The molecule has 1 heterocycles. The van der Waals surface area contributed by atoms with Crippen molar-refractivity contribution >= 4 is 6.09 Å². The number of amides is 1. The summed E-state index contributed by atoms with van der Waals surface area (Å²) in [4.78, 5) is 11.9. The van der Waals surface area contributed by atoms with Crippen molar-refractivity contribution in [2.24, 2.45) is 5.92 Å². The highest BCUT2D eigenvalue weighted by atomic mass is 16.6. The minimum atomic E-state index is -0.434. The maximum atomic E-state index is 11.9. The first kappa shape index (κ1) is 18.5. The van der Waals surface area contributed by atoms with Crippen molar-refractivity contribution in [3.63, 3.8) is 0 Å². The molecular formula is C18H35N3O2. The molecule has 0 bridgehead atoms. The summed E-state index contributed by atoms with van der Waals surface area (Å²) in [6.45, 7) is 11.0. The molecule has 1 saturated carbocycles. The largest absolute Gasteiger partial charge is 0.444 e. The first-order valence-corrected chi connectivity index (χ1v) is 9.27. The van der Waals surface area contributed by atoms with Crippen LogP contribution in [0.5, 0.6) is 0 Å². The van der Waals surface area contributed by atoms with Crippen LogP contribution in [0.25, 0.3) is 0 Å². The summed E-state index contributed by atoms with van der Waals surface area (Å²) < 4.78 is 5.34. The summed E-state index contributed by atoms with van der Waals surface area (Å²) in [5, 5.41) is 5.41. The zero-order chi connectivity index (χ0) is 17.0. The fourth-order valence-corrected chi connectivity index (χ4v) is 3.85. The number of carbonyl (C=O) groups excluding carboxylic acids is 1. The van der Waals surface area contributed by atoms with Crippen molar-refractivity contribution in [3.05, 3.63) is 0 Å². The van der Waals surface area contributed by atoms with Gasteiger partial charge in [-0.05, 0) is 66.2 Å². The fourth-order valence-electron chi connectivity index (χ4n) is 3.85. The molecule has 134 valence electrons. The quantitative estimate of drug-likeness (QED) is 0.831. The average Bonchev–Trinajstić information content (AvgIpc) is 2.86. The Balaban J connectivity index is 1.82. The number of alkyl carbamates (subject to hydrolysis) is 1. The first-order chi connectivity index (χ1) is 10.8. The Kier molecular flexibility index (Phi) is 6.32. The topological polar surface area (TPSA) is 53.6 Å². The zero-order valence-corrected chi connectivity index (χ0v) is 15.5. The first-order valence-electron chi connectivity index (χ1n) is 9.27. The number of rotatable bonds is 4. The van der Waals surface area contributed by atoms with E-state index < -0.39 is 5.60 Å². The third-order valence-corrected chi connectivity index (χ3v) is 5.07. The lowest BCUT2D eigenvalue weighted by Crippen LogP contribution is -2.57. The Bertz CT molecular complexity index is 384. The lowest BCUT2D eigenvalue weighted by molar-refractivity contribution is 0.0216. The standard InChI is InChI=1S/C18H35N3O2/c1-13-8-6-9-14(2)21(13)20-16-11-7-10-15(16)12-19-17(22)23-18(3,4)5/h13-16,20H,6-12H2,1-5H3,(H,19,22). The van der Waals surface area contributed by atoms with Gasteiger partial charge in [0.2, 0.25) is 0 Å². The molecule has 2 aliphatic rings. The average molecular weight is 325 g/mol. The summed E-state index contributed by atoms with van der Waals surface area (Å²) in [6.07, 6.45) is 7.16. The van der Waals surface area contributed by atoms with Gasteiger partial charge in [-0.2, -0.15) is 0 Å². The van der Waals surface area contributed by atoms with E-state index in [1.807, 2.05) is 20.8 Å². The van der Waals surface area contributed by atoms with E-state index in [9.17, 15) is 4.79 Å². The Morgan fingerprint density at radius 3 is 2.30 bits per heavy atom. The van der Waals surface area contributed by atoms with Crippen LogP contribution < -0.4 is 10.7 Å². The van der Waals surface area contributed by atoms with Crippen LogP contribution in [0.2, 0.25) is 0 Å². The second kappa shape index (κ2) is 7.84. The van der Waals surface area contributed by atoms with E-state index in [0.717, 1.165) is 0 Å². The van der Waals surface area contributed by atoms with Crippen LogP contribution in [-0.4, -0.2) is 41.4 Å². The third-order valence-electron chi connectivity index (χ3n) is 5.07. The maximum Gasteiger partial charge on any atom is 0.407 e. The number of piperidine rings is 1. The molecule has 0 aromatic carbocycles. The molecule has 0 spiro atoms. The molecule has 2 rings (SSSR count). The van der Waals surface area contributed by atoms with Crippen molar-refractivity contribution in [1.82, 2.24) is 15.8 Å². The maximum absolute atomic E-state index is 11.9. The van der Waals surface area contributed by atoms with E-state index in [0.29, 0.717) is 30.6 Å². The number of carbonyl (C=O) groups is 1. The van der Waals surface area contributed by atoms with Gasteiger partial charge in [0.15, 0.2) is 0 Å². The van der Waals surface area contributed by atoms with Gasteiger partial charge < -0.3 is 10.1 Å². The molecule has 4 atom stereocenters. The van der Waals surface area contributed by atoms with Gasteiger partial charge in [-0.3, -0.25) is 5.43 Å². The van der Waals surface area contributed by atoms with Gasteiger partial charge in [0, 0.05) is 24.7 Å². The predicted octanol–water partition coefficient (Wildman–Crippen LogP) is 3.45. The van der Waals surface area contributed by atoms with Crippen molar-refractivity contribution in [2.75, 3.05) is 6.54 Å². The van der Waals surface area contributed by atoms with E-state index in [1.165, 1.54) is 38.5 Å². The molecule has 1 aliphatic carbocycles. The van der Waals surface area contributed by atoms with Crippen LogP contribution in [0.1, 0.15) is 73.1 Å². The molecule has 4 unspecified atom stereocenters. The van der Waals surface area contributed by atoms with Crippen molar-refractivity contribution in [1.29, 1.82) is 0 Å². The van der Waals surface area contributed by atoms with Gasteiger partial charge in [0.25, 0.3) is 0 Å². The van der Waals surface area contributed by atoms with Crippen LogP contribution >= 0.6 is 0 Å². The SMILES string of the molecule is CC1CCCC(C)N1NC1CCCC1CNC(=O)OC(C)(C)C. The number of hydrogen-bond acceptors (Lipinski definition) is 4. The molecule has 23 heavy (non-hydrogen) atoms. The van der Waals surface area contributed by atoms with Gasteiger partial charge in [-0.25, -0.2) is 9.80 Å². The second-order valence-electron chi connectivity index (χ2n) is 8.35. The second-order valence-corrected chi connectivity index (χ2v) is 8.35. The van der Waals surface area contributed by atoms with Gasteiger partial charge in [-0.1, -0.05) is 12.8 Å². The van der Waals surface area contributed by atoms with Crippen molar-refractivity contribution < 1.29 is 9.53 Å². The van der Waals surface area contributed by atoms with E-state index in [4.69, 9.17) is 4.74 Å². The summed E-state index contributed by atoms with van der Waals surface area (Å²) >= 11 is 0. The van der Waals surface area contributed by atoms with Crippen LogP contribution in [0, 0.1) is 5.92 Å². The van der Waals surface area contributed by atoms with E-state index >= 15 is 0 Å². The molecular weight excluding hydrogens is 290 g/mol. The molecule has 0 aromatic heterocycles. The minimum absolute atomic E-state index is 0.303. The molecule has 1 saturated heterocycles. The summed E-state index contributed by atoms with van der Waals surface area (Å²) in [6, 6.07) is 1.66. The summed E-state index contributed by atoms with van der Waals surface area (Å²) in [5.41, 5.74) is 3.35. The van der Waals surface area contributed by atoms with Gasteiger partial charge in [0.1, 0.15) is 5.60 Å². The lowest BCUT2D eigenvalue weighted by atomic mass is 9.99. The smallest absolute Gasteiger partial charge is 0.407 e. The van der Waals surface area contributed by atoms with Gasteiger partial charge >= 0.3 is 6.09 Å². The Hall–Kier alpha value is -0.810.